The number of carbonyl (C=O) groups is 1. The van der Waals surface area contributed by atoms with Crippen LogP contribution < -0.4 is 4.74 Å². The van der Waals surface area contributed by atoms with Crippen LogP contribution in [0.4, 0.5) is 0 Å². The van der Waals surface area contributed by atoms with Crippen LogP contribution in [-0.2, 0) is 6.54 Å². The number of nitrogens with zero attached hydrogens (tertiary/aromatic N) is 1. The van der Waals surface area contributed by atoms with Crippen molar-refractivity contribution in [3.8, 4) is 5.75 Å². The van der Waals surface area contributed by atoms with Crippen molar-refractivity contribution in [3.05, 3.63) is 29.5 Å². The molecule has 4 nitrogen and oxygen atoms in total. The summed E-state index contributed by atoms with van der Waals surface area (Å²) in [6.07, 6.45) is 0.900. The molecule has 2 rings (SSSR count). The zero-order valence-electron chi connectivity index (χ0n) is 10.3. The van der Waals surface area contributed by atoms with E-state index in [1.54, 1.807) is 7.11 Å². The van der Waals surface area contributed by atoms with Crippen LogP contribution in [0.2, 0.25) is 0 Å². The zero-order valence-corrected chi connectivity index (χ0v) is 10.3. The first-order chi connectivity index (χ1) is 8.15. The van der Waals surface area contributed by atoms with E-state index in [2.05, 4.69) is 4.98 Å². The van der Waals surface area contributed by atoms with Gasteiger partial charge in [0, 0.05) is 28.7 Å². The maximum atomic E-state index is 11.2. The van der Waals surface area contributed by atoms with E-state index in [9.17, 15) is 4.79 Å². The number of fused-ring (bicyclic) bond motifs is 1. The number of hydrogen-bond donors (Lipinski definition) is 1. The van der Waals surface area contributed by atoms with Crippen molar-refractivity contribution in [1.82, 2.24) is 9.88 Å². The summed E-state index contributed by atoms with van der Waals surface area (Å²) in [5.41, 5.74) is 2.62. The number of ether oxygens (including phenoxy) is 1. The van der Waals surface area contributed by atoms with E-state index in [-0.39, 0.29) is 0 Å². The number of H-pyrrole nitrogens is 1. The smallest absolute Gasteiger partial charge is 0.152 e. The number of rotatable bonds is 4. The van der Waals surface area contributed by atoms with Gasteiger partial charge in [-0.25, -0.2) is 0 Å². The van der Waals surface area contributed by atoms with Crippen molar-refractivity contribution in [2.45, 2.75) is 6.54 Å². The third kappa shape index (κ3) is 2.17. The molecule has 4 heteroatoms. The van der Waals surface area contributed by atoms with Crippen molar-refractivity contribution < 1.29 is 9.53 Å². The summed E-state index contributed by atoms with van der Waals surface area (Å²) in [7, 11) is 5.57. The second kappa shape index (κ2) is 4.59. The lowest BCUT2D eigenvalue weighted by atomic mass is 10.1. The molecule has 17 heavy (non-hydrogen) atoms. The van der Waals surface area contributed by atoms with E-state index in [1.165, 1.54) is 0 Å². The number of aldehydes is 1. The van der Waals surface area contributed by atoms with Gasteiger partial charge in [0.05, 0.1) is 7.11 Å². The van der Waals surface area contributed by atoms with Gasteiger partial charge in [-0.15, -0.1) is 0 Å². The summed E-state index contributed by atoms with van der Waals surface area (Å²) in [6, 6.07) is 5.70. The van der Waals surface area contributed by atoms with E-state index in [0.29, 0.717) is 12.1 Å². The van der Waals surface area contributed by atoms with E-state index in [4.69, 9.17) is 4.74 Å². The van der Waals surface area contributed by atoms with Gasteiger partial charge in [-0.3, -0.25) is 4.79 Å². The lowest BCUT2D eigenvalue weighted by molar-refractivity contribution is 0.112. The highest BCUT2D eigenvalue weighted by Gasteiger charge is 2.11. The van der Waals surface area contributed by atoms with Crippen LogP contribution in [0.25, 0.3) is 10.9 Å². The molecule has 0 fully saturated rings. The average Bonchev–Trinajstić information content (AvgIpc) is 2.63. The average molecular weight is 232 g/mol. The first kappa shape index (κ1) is 11.7. The number of benzene rings is 1. The van der Waals surface area contributed by atoms with Crippen molar-refractivity contribution in [3.63, 3.8) is 0 Å². The van der Waals surface area contributed by atoms with Crippen LogP contribution >= 0.6 is 0 Å². The monoisotopic (exact) mass is 232 g/mol. The summed E-state index contributed by atoms with van der Waals surface area (Å²) >= 11 is 0. The third-order valence-electron chi connectivity index (χ3n) is 2.72. The topological polar surface area (TPSA) is 45.3 Å². The van der Waals surface area contributed by atoms with Gasteiger partial charge in [-0.05, 0) is 32.3 Å². The van der Waals surface area contributed by atoms with E-state index in [0.717, 1.165) is 28.6 Å². The Morgan fingerprint density at radius 2 is 2.18 bits per heavy atom. The molecule has 2 aromatic rings. The Bertz CT molecular complexity index is 544. The minimum atomic E-state index is 0.713. The Hall–Kier alpha value is -1.81. The normalized spacial score (nSPS) is 11.1. The molecule has 0 aliphatic heterocycles. The van der Waals surface area contributed by atoms with Gasteiger partial charge in [-0.1, -0.05) is 0 Å². The molecule has 0 bridgehead atoms. The van der Waals surface area contributed by atoms with Crippen LogP contribution in [0.3, 0.4) is 0 Å². The van der Waals surface area contributed by atoms with Crippen molar-refractivity contribution in [2.24, 2.45) is 0 Å². The number of aromatic nitrogens is 1. The van der Waals surface area contributed by atoms with Crippen LogP contribution in [0, 0.1) is 0 Å². The number of nitrogens with one attached hydrogen (secondary N) is 1. The van der Waals surface area contributed by atoms with Gasteiger partial charge in [0.2, 0.25) is 0 Å². The first-order valence-electron chi connectivity index (χ1n) is 5.44. The largest absolute Gasteiger partial charge is 0.497 e. The number of methoxy groups -OCH3 is 1. The fraction of sp³-hybridized carbons (Fsp3) is 0.308. The van der Waals surface area contributed by atoms with Crippen LogP contribution in [0.5, 0.6) is 5.75 Å². The van der Waals surface area contributed by atoms with Crippen molar-refractivity contribution >= 4 is 17.2 Å². The molecule has 0 spiro atoms. The lowest BCUT2D eigenvalue weighted by Crippen LogP contribution is -2.12. The second-order valence-corrected chi connectivity index (χ2v) is 4.28. The third-order valence-corrected chi connectivity index (χ3v) is 2.72. The SMILES string of the molecule is COc1ccc2[nH]c(CN(C)C)c(C=O)c2c1. The quantitative estimate of drug-likeness (QED) is 0.821. The van der Waals surface area contributed by atoms with Gasteiger partial charge in [0.25, 0.3) is 0 Å². The summed E-state index contributed by atoms with van der Waals surface area (Å²) in [5.74, 6) is 0.760. The molecule has 1 N–H and O–H groups in total. The van der Waals surface area contributed by atoms with Crippen LogP contribution in [-0.4, -0.2) is 37.4 Å². The summed E-state index contributed by atoms with van der Waals surface area (Å²) < 4.78 is 5.17. The Morgan fingerprint density at radius 1 is 1.41 bits per heavy atom. The van der Waals surface area contributed by atoms with E-state index >= 15 is 0 Å². The van der Waals surface area contributed by atoms with E-state index < -0.39 is 0 Å². The Labute approximate surface area is 100 Å². The molecule has 90 valence electrons. The summed E-state index contributed by atoms with van der Waals surface area (Å²) in [4.78, 5) is 16.5. The molecule has 1 aromatic heterocycles. The molecule has 0 saturated heterocycles. The molecule has 0 radical (unpaired) electrons. The Kier molecular flexibility index (Phi) is 3.15. The maximum Gasteiger partial charge on any atom is 0.152 e. The highest BCUT2D eigenvalue weighted by atomic mass is 16.5. The number of carbonyl (C=O) groups excluding carboxylic acids is 1. The fourth-order valence-electron chi connectivity index (χ4n) is 1.95. The predicted octanol–water partition coefficient (Wildman–Crippen LogP) is 2.05. The molecule has 0 unspecified atom stereocenters. The molecule has 1 heterocycles. The molecule has 0 aliphatic carbocycles. The lowest BCUT2D eigenvalue weighted by Gasteiger charge is -2.07. The van der Waals surface area contributed by atoms with Crippen LogP contribution in [0.15, 0.2) is 18.2 Å². The second-order valence-electron chi connectivity index (χ2n) is 4.28. The molecule has 1 aromatic carbocycles. The van der Waals surface area contributed by atoms with Crippen molar-refractivity contribution in [1.29, 1.82) is 0 Å². The zero-order chi connectivity index (χ0) is 12.4. The fourth-order valence-corrected chi connectivity index (χ4v) is 1.95. The molecule has 0 aliphatic rings. The highest BCUT2D eigenvalue weighted by molar-refractivity contribution is 5.99. The Balaban J connectivity index is 2.58. The van der Waals surface area contributed by atoms with Gasteiger partial charge in [0.1, 0.15) is 5.75 Å². The van der Waals surface area contributed by atoms with Crippen LogP contribution in [0.1, 0.15) is 16.1 Å². The van der Waals surface area contributed by atoms with Crippen molar-refractivity contribution in [2.75, 3.05) is 21.2 Å². The van der Waals surface area contributed by atoms with E-state index in [1.807, 2.05) is 37.2 Å². The first-order valence-corrected chi connectivity index (χ1v) is 5.44. The summed E-state index contributed by atoms with van der Waals surface area (Å²) in [5, 5.41) is 0.913. The summed E-state index contributed by atoms with van der Waals surface area (Å²) in [6.45, 7) is 0.713. The maximum absolute atomic E-state index is 11.2. The van der Waals surface area contributed by atoms with Gasteiger partial charge < -0.3 is 14.6 Å². The molecular weight excluding hydrogens is 216 g/mol. The Morgan fingerprint density at radius 3 is 2.76 bits per heavy atom. The molecular formula is C13H16N2O2. The predicted molar refractivity (Wildman–Crippen MR) is 67.6 cm³/mol. The molecule has 0 amide bonds. The minimum absolute atomic E-state index is 0.713. The van der Waals surface area contributed by atoms with Gasteiger partial charge >= 0.3 is 0 Å². The van der Waals surface area contributed by atoms with Gasteiger partial charge in [0.15, 0.2) is 6.29 Å². The van der Waals surface area contributed by atoms with Gasteiger partial charge in [-0.2, -0.15) is 0 Å². The number of aromatic amines is 1. The molecule has 0 atom stereocenters. The highest BCUT2D eigenvalue weighted by Crippen LogP contribution is 2.25. The molecule has 0 saturated carbocycles. The number of hydrogen-bond acceptors (Lipinski definition) is 3. The minimum Gasteiger partial charge on any atom is -0.497 e. The standard InChI is InChI=1S/C13H16N2O2/c1-15(2)7-13-11(8-16)10-6-9(17-3)4-5-12(10)14-13/h4-6,8,14H,7H2,1-3H3.